The van der Waals surface area contributed by atoms with Crippen molar-refractivity contribution in [1.82, 2.24) is 19.8 Å². The zero-order chi connectivity index (χ0) is 13.6. The maximum absolute atomic E-state index is 12.4. The summed E-state index contributed by atoms with van der Waals surface area (Å²) in [6, 6.07) is 0. The predicted octanol–water partition coefficient (Wildman–Crippen LogP) is 1.28. The van der Waals surface area contributed by atoms with Crippen molar-refractivity contribution in [2.45, 2.75) is 19.6 Å². The van der Waals surface area contributed by atoms with Gasteiger partial charge in [-0.1, -0.05) is 0 Å². The van der Waals surface area contributed by atoms with E-state index in [-0.39, 0.29) is 0 Å². The molecule has 0 unspecified atom stereocenters. The number of rotatable bonds is 7. The number of halogens is 3. The number of nitrogens with one attached hydrogen (secondary N) is 1. The van der Waals surface area contributed by atoms with E-state index >= 15 is 0 Å². The van der Waals surface area contributed by atoms with Gasteiger partial charge in [-0.25, -0.2) is 4.98 Å². The molecule has 0 fully saturated rings. The first-order valence-electron chi connectivity index (χ1n) is 5.84. The Morgan fingerprint density at radius 3 is 2.61 bits per heavy atom. The van der Waals surface area contributed by atoms with Crippen LogP contribution in [0.25, 0.3) is 0 Å². The highest BCUT2D eigenvalue weighted by molar-refractivity contribution is 4.88. The van der Waals surface area contributed by atoms with Gasteiger partial charge >= 0.3 is 6.18 Å². The third kappa shape index (κ3) is 5.50. The first-order valence-corrected chi connectivity index (χ1v) is 5.84. The molecular weight excluding hydrogens is 245 g/mol. The van der Waals surface area contributed by atoms with Crippen LogP contribution in [0.3, 0.4) is 0 Å². The third-order valence-corrected chi connectivity index (χ3v) is 2.66. The maximum Gasteiger partial charge on any atom is 0.401 e. The summed E-state index contributed by atoms with van der Waals surface area (Å²) in [5, 5.41) is 2.86. The van der Waals surface area contributed by atoms with Gasteiger partial charge in [-0.05, 0) is 14.0 Å². The molecule has 104 valence electrons. The van der Waals surface area contributed by atoms with Gasteiger partial charge in [0.25, 0.3) is 0 Å². The largest absolute Gasteiger partial charge is 0.401 e. The van der Waals surface area contributed by atoms with Crippen LogP contribution in [-0.4, -0.2) is 53.9 Å². The van der Waals surface area contributed by atoms with Crippen molar-refractivity contribution >= 4 is 0 Å². The molecule has 0 spiro atoms. The number of imidazole rings is 1. The Labute approximate surface area is 105 Å². The van der Waals surface area contributed by atoms with Crippen molar-refractivity contribution in [3.05, 3.63) is 18.2 Å². The molecule has 1 N–H and O–H groups in total. The van der Waals surface area contributed by atoms with E-state index in [4.69, 9.17) is 0 Å². The quantitative estimate of drug-likeness (QED) is 0.805. The van der Waals surface area contributed by atoms with Crippen molar-refractivity contribution in [3.8, 4) is 0 Å². The Morgan fingerprint density at radius 1 is 1.39 bits per heavy atom. The van der Waals surface area contributed by atoms with Crippen LogP contribution in [0.15, 0.2) is 12.4 Å². The highest BCUT2D eigenvalue weighted by atomic mass is 19.4. The van der Waals surface area contributed by atoms with Crippen LogP contribution in [-0.2, 0) is 6.54 Å². The molecule has 1 rings (SSSR count). The molecular formula is C11H19F3N4. The highest BCUT2D eigenvalue weighted by Gasteiger charge is 2.30. The van der Waals surface area contributed by atoms with E-state index in [2.05, 4.69) is 10.3 Å². The minimum atomic E-state index is -4.16. The molecule has 0 amide bonds. The van der Waals surface area contributed by atoms with Gasteiger partial charge in [0.1, 0.15) is 5.82 Å². The first kappa shape index (κ1) is 15.0. The highest BCUT2D eigenvalue weighted by Crippen LogP contribution is 2.16. The number of alkyl halides is 3. The van der Waals surface area contributed by atoms with Crippen molar-refractivity contribution in [1.29, 1.82) is 0 Å². The summed E-state index contributed by atoms with van der Waals surface area (Å²) >= 11 is 0. The van der Waals surface area contributed by atoms with Crippen LogP contribution >= 0.6 is 0 Å². The Balaban J connectivity index is 2.47. The van der Waals surface area contributed by atoms with Crippen molar-refractivity contribution in [2.24, 2.45) is 0 Å². The molecule has 0 aromatic carbocycles. The smallest absolute Gasteiger partial charge is 0.334 e. The fraction of sp³-hybridized carbons (Fsp3) is 0.727. The second-order valence-electron chi connectivity index (χ2n) is 4.16. The zero-order valence-corrected chi connectivity index (χ0v) is 10.7. The van der Waals surface area contributed by atoms with Crippen molar-refractivity contribution in [3.63, 3.8) is 0 Å². The zero-order valence-electron chi connectivity index (χ0n) is 10.7. The lowest BCUT2D eigenvalue weighted by Crippen LogP contribution is -2.40. The van der Waals surface area contributed by atoms with E-state index in [0.29, 0.717) is 26.2 Å². The second kappa shape index (κ2) is 6.75. The summed E-state index contributed by atoms with van der Waals surface area (Å²) in [5.41, 5.74) is 0. The molecule has 0 aliphatic carbocycles. The van der Waals surface area contributed by atoms with Gasteiger partial charge in [-0.15, -0.1) is 0 Å². The van der Waals surface area contributed by atoms with E-state index in [1.165, 1.54) is 4.90 Å². The Bertz CT molecular complexity index is 348. The predicted molar refractivity (Wildman–Crippen MR) is 63.4 cm³/mol. The van der Waals surface area contributed by atoms with Gasteiger partial charge in [0.2, 0.25) is 0 Å². The molecule has 0 aliphatic heterocycles. The van der Waals surface area contributed by atoms with E-state index in [0.717, 1.165) is 5.82 Å². The van der Waals surface area contributed by atoms with Gasteiger partial charge in [0, 0.05) is 38.6 Å². The summed E-state index contributed by atoms with van der Waals surface area (Å²) in [4.78, 5) is 5.44. The molecule has 0 atom stereocenters. The van der Waals surface area contributed by atoms with E-state index < -0.39 is 12.7 Å². The Morgan fingerprint density at radius 2 is 2.11 bits per heavy atom. The second-order valence-corrected chi connectivity index (χ2v) is 4.16. The number of aryl methyl sites for hydroxylation is 1. The van der Waals surface area contributed by atoms with E-state index in [1.807, 2.05) is 11.5 Å². The van der Waals surface area contributed by atoms with Crippen LogP contribution in [0, 0.1) is 6.92 Å². The fourth-order valence-electron chi connectivity index (χ4n) is 1.68. The lowest BCUT2D eigenvalue weighted by Gasteiger charge is -2.23. The Kier molecular flexibility index (Phi) is 5.61. The summed E-state index contributed by atoms with van der Waals surface area (Å²) < 4.78 is 39.0. The van der Waals surface area contributed by atoms with Crippen molar-refractivity contribution < 1.29 is 13.2 Å². The monoisotopic (exact) mass is 264 g/mol. The lowest BCUT2D eigenvalue weighted by atomic mass is 10.4. The maximum atomic E-state index is 12.4. The topological polar surface area (TPSA) is 33.1 Å². The van der Waals surface area contributed by atoms with Gasteiger partial charge in [-0.3, -0.25) is 4.90 Å². The molecule has 1 aromatic heterocycles. The minimum Gasteiger partial charge on any atom is -0.334 e. The van der Waals surface area contributed by atoms with Crippen LogP contribution in [0.2, 0.25) is 0 Å². The average Bonchev–Trinajstić information content (AvgIpc) is 2.66. The van der Waals surface area contributed by atoms with Crippen molar-refractivity contribution in [2.75, 3.05) is 33.2 Å². The molecule has 0 saturated carbocycles. The van der Waals surface area contributed by atoms with Gasteiger partial charge in [0.05, 0.1) is 6.54 Å². The number of hydrogen-bond donors (Lipinski definition) is 1. The molecule has 4 nitrogen and oxygen atoms in total. The standard InChI is InChI=1S/C11H19F3N4/c1-10-16-4-6-18(10)8-7-17(5-3-15-2)9-11(12,13)14/h4,6,15H,3,5,7-9H2,1-2H3. The molecule has 18 heavy (non-hydrogen) atoms. The van der Waals surface area contributed by atoms with Gasteiger partial charge < -0.3 is 9.88 Å². The number of nitrogens with zero attached hydrogens (tertiary/aromatic N) is 3. The molecule has 0 radical (unpaired) electrons. The van der Waals surface area contributed by atoms with E-state index in [1.54, 1.807) is 19.4 Å². The summed E-state index contributed by atoms with van der Waals surface area (Å²) in [6.07, 6.45) is -0.728. The summed E-state index contributed by atoms with van der Waals surface area (Å²) in [5.74, 6) is 0.815. The molecule has 0 aliphatic rings. The summed E-state index contributed by atoms with van der Waals surface area (Å²) in [6.45, 7) is 2.76. The van der Waals surface area contributed by atoms with E-state index in [9.17, 15) is 13.2 Å². The van der Waals surface area contributed by atoms with Gasteiger partial charge in [0.15, 0.2) is 0 Å². The molecule has 7 heteroatoms. The van der Waals surface area contributed by atoms with Crippen LogP contribution in [0.5, 0.6) is 0 Å². The Hall–Kier alpha value is -1.08. The summed E-state index contributed by atoms with van der Waals surface area (Å²) in [7, 11) is 1.73. The van der Waals surface area contributed by atoms with Crippen LogP contribution < -0.4 is 5.32 Å². The van der Waals surface area contributed by atoms with Crippen LogP contribution in [0.4, 0.5) is 13.2 Å². The average molecular weight is 264 g/mol. The SMILES string of the molecule is CNCCN(CCn1ccnc1C)CC(F)(F)F. The van der Waals surface area contributed by atoms with Crippen LogP contribution in [0.1, 0.15) is 5.82 Å². The lowest BCUT2D eigenvalue weighted by molar-refractivity contribution is -0.146. The first-order chi connectivity index (χ1) is 8.42. The normalized spacial score (nSPS) is 12.3. The minimum absolute atomic E-state index is 0.360. The molecule has 1 heterocycles. The fourth-order valence-corrected chi connectivity index (χ4v) is 1.68. The number of aromatic nitrogens is 2. The molecule has 1 aromatic rings. The third-order valence-electron chi connectivity index (χ3n) is 2.66. The number of likely N-dealkylation sites (N-methyl/N-ethyl adjacent to an activating group) is 1. The van der Waals surface area contributed by atoms with Gasteiger partial charge in [-0.2, -0.15) is 13.2 Å². The number of hydrogen-bond acceptors (Lipinski definition) is 3. The molecule has 0 bridgehead atoms. The molecule has 0 saturated heterocycles.